The molecule has 0 unspecified atom stereocenters. The molecule has 2 amide bonds. The first kappa shape index (κ1) is 19.9. The Morgan fingerprint density at radius 3 is 2.67 bits per heavy atom. The Labute approximate surface area is 170 Å². The number of carbonyl (C=O) groups excluding carboxylic acids is 1. The average Bonchev–Trinajstić information content (AvgIpc) is 2.97. The summed E-state index contributed by atoms with van der Waals surface area (Å²) in [5, 5.41) is 12.3. The van der Waals surface area contributed by atoms with E-state index in [4.69, 9.17) is 0 Å². The van der Waals surface area contributed by atoms with Crippen molar-refractivity contribution in [3.63, 3.8) is 0 Å². The van der Waals surface area contributed by atoms with Crippen molar-refractivity contribution in [2.75, 3.05) is 6.54 Å². The van der Waals surface area contributed by atoms with Crippen LogP contribution in [0.1, 0.15) is 24.1 Å². The molecule has 2 aromatic rings. The van der Waals surface area contributed by atoms with Crippen molar-refractivity contribution >= 4 is 12.0 Å². The van der Waals surface area contributed by atoms with E-state index in [1.165, 1.54) is 23.1 Å². The molecule has 0 spiro atoms. The maximum absolute atomic E-state index is 13.2. The molecule has 158 valence electrons. The van der Waals surface area contributed by atoms with Crippen molar-refractivity contribution in [3.05, 3.63) is 53.9 Å². The van der Waals surface area contributed by atoms with Crippen molar-refractivity contribution < 1.29 is 33.0 Å². The standard InChI is InChI=1S/C20H19F2N3O5/c1-11(13-2-3-15-16(9-13)30-20(21,22)29-15)24-19(28)25-10-14(17(25)18(26)27)8-12-4-6-23-7-5-12/h2-7,9,11,14,17H,8,10H2,1H3,(H,24,28)(H,26,27)/t11-,14+,17+/m1/s1. The van der Waals surface area contributed by atoms with Crippen LogP contribution in [0, 0.1) is 5.92 Å². The number of likely N-dealkylation sites (tertiary alicyclic amines) is 1. The second-order valence-corrected chi connectivity index (χ2v) is 7.30. The first-order valence-corrected chi connectivity index (χ1v) is 9.32. The van der Waals surface area contributed by atoms with E-state index in [2.05, 4.69) is 19.8 Å². The zero-order chi connectivity index (χ0) is 21.5. The molecule has 1 fully saturated rings. The van der Waals surface area contributed by atoms with Crippen LogP contribution in [0.2, 0.25) is 0 Å². The molecule has 0 radical (unpaired) electrons. The first-order valence-electron chi connectivity index (χ1n) is 9.32. The van der Waals surface area contributed by atoms with E-state index in [0.29, 0.717) is 18.5 Å². The first-order chi connectivity index (χ1) is 14.2. The minimum absolute atomic E-state index is 0.0880. The van der Waals surface area contributed by atoms with E-state index in [1.54, 1.807) is 19.3 Å². The quantitative estimate of drug-likeness (QED) is 0.773. The lowest BCUT2D eigenvalue weighted by Gasteiger charge is -2.45. The molecule has 0 aliphatic carbocycles. The predicted molar refractivity (Wildman–Crippen MR) is 99.2 cm³/mol. The van der Waals surface area contributed by atoms with Gasteiger partial charge in [-0.1, -0.05) is 6.07 Å². The number of nitrogens with one attached hydrogen (secondary N) is 1. The molecule has 4 rings (SSSR count). The highest BCUT2D eigenvalue weighted by atomic mass is 19.3. The molecular weight excluding hydrogens is 400 g/mol. The number of ether oxygens (including phenoxy) is 2. The number of urea groups is 1. The number of halogens is 2. The maximum atomic E-state index is 13.2. The molecule has 2 aliphatic heterocycles. The number of fused-ring (bicyclic) bond motifs is 1. The van der Waals surface area contributed by atoms with Gasteiger partial charge in [0.2, 0.25) is 0 Å². The summed E-state index contributed by atoms with van der Waals surface area (Å²) in [5.74, 6) is -1.49. The van der Waals surface area contributed by atoms with Gasteiger partial charge >= 0.3 is 18.3 Å². The largest absolute Gasteiger partial charge is 0.586 e. The lowest BCUT2D eigenvalue weighted by molar-refractivity contribution is -0.286. The Bertz CT molecular complexity index is 972. The van der Waals surface area contributed by atoms with Crippen LogP contribution in [0.4, 0.5) is 13.6 Å². The maximum Gasteiger partial charge on any atom is 0.586 e. The number of pyridine rings is 1. The number of amides is 2. The highest BCUT2D eigenvalue weighted by Crippen LogP contribution is 2.42. The predicted octanol–water partition coefficient (Wildman–Crippen LogP) is 2.80. The fourth-order valence-electron chi connectivity index (χ4n) is 3.71. The van der Waals surface area contributed by atoms with Gasteiger partial charge in [-0.05, 0) is 48.7 Å². The lowest BCUT2D eigenvalue weighted by atomic mass is 9.84. The van der Waals surface area contributed by atoms with Gasteiger partial charge in [-0.25, -0.2) is 9.59 Å². The fourth-order valence-corrected chi connectivity index (χ4v) is 3.71. The zero-order valence-electron chi connectivity index (χ0n) is 15.9. The van der Waals surface area contributed by atoms with Crippen molar-refractivity contribution in [3.8, 4) is 11.5 Å². The summed E-state index contributed by atoms with van der Waals surface area (Å²) >= 11 is 0. The van der Waals surface area contributed by atoms with Crippen LogP contribution >= 0.6 is 0 Å². The van der Waals surface area contributed by atoms with Crippen molar-refractivity contribution in [1.82, 2.24) is 15.2 Å². The summed E-state index contributed by atoms with van der Waals surface area (Å²) < 4.78 is 35.1. The fraction of sp³-hybridized carbons (Fsp3) is 0.350. The molecule has 1 aromatic heterocycles. The molecule has 8 nitrogen and oxygen atoms in total. The third kappa shape index (κ3) is 3.85. The Balaban J connectivity index is 1.39. The number of carboxylic acids is 1. The van der Waals surface area contributed by atoms with Crippen LogP contribution in [0.5, 0.6) is 11.5 Å². The van der Waals surface area contributed by atoms with Gasteiger partial charge in [-0.3, -0.25) is 4.98 Å². The molecule has 30 heavy (non-hydrogen) atoms. The topological polar surface area (TPSA) is 101 Å². The van der Waals surface area contributed by atoms with E-state index in [9.17, 15) is 23.5 Å². The van der Waals surface area contributed by atoms with Gasteiger partial charge in [-0.15, -0.1) is 8.78 Å². The second-order valence-electron chi connectivity index (χ2n) is 7.30. The molecule has 3 heterocycles. The zero-order valence-corrected chi connectivity index (χ0v) is 15.9. The summed E-state index contributed by atoms with van der Waals surface area (Å²) in [5.41, 5.74) is 1.47. The van der Waals surface area contributed by atoms with E-state index in [0.717, 1.165) is 5.56 Å². The number of nitrogens with zero attached hydrogens (tertiary/aromatic N) is 2. The number of aromatic nitrogens is 1. The summed E-state index contributed by atoms with van der Waals surface area (Å²) in [6, 6.07) is 5.81. The number of hydrogen-bond donors (Lipinski definition) is 2. The van der Waals surface area contributed by atoms with Gasteiger partial charge in [0.15, 0.2) is 11.5 Å². The monoisotopic (exact) mass is 419 g/mol. The lowest BCUT2D eigenvalue weighted by Crippen LogP contribution is -2.65. The van der Waals surface area contributed by atoms with Gasteiger partial charge in [0.1, 0.15) is 6.04 Å². The SMILES string of the molecule is C[C@@H](NC(=O)N1C[C@H](Cc2ccncc2)[C@H]1C(=O)O)c1ccc2c(c1)OC(F)(F)O2. The third-order valence-corrected chi connectivity index (χ3v) is 5.24. The van der Waals surface area contributed by atoms with Gasteiger partial charge in [-0.2, -0.15) is 0 Å². The minimum Gasteiger partial charge on any atom is -0.480 e. The molecule has 10 heteroatoms. The molecular formula is C20H19F2N3O5. The molecule has 1 aromatic carbocycles. The minimum atomic E-state index is -3.72. The second kappa shape index (κ2) is 7.43. The number of benzene rings is 1. The van der Waals surface area contributed by atoms with Crippen molar-refractivity contribution in [2.45, 2.75) is 31.7 Å². The van der Waals surface area contributed by atoms with E-state index in [1.807, 2.05) is 12.1 Å². The molecule has 1 saturated heterocycles. The van der Waals surface area contributed by atoms with Gasteiger partial charge in [0, 0.05) is 24.9 Å². The Morgan fingerprint density at radius 1 is 1.27 bits per heavy atom. The van der Waals surface area contributed by atoms with Crippen molar-refractivity contribution in [2.24, 2.45) is 5.92 Å². The van der Waals surface area contributed by atoms with Crippen LogP contribution in [0.3, 0.4) is 0 Å². The van der Waals surface area contributed by atoms with Crippen LogP contribution in [0.25, 0.3) is 0 Å². The highest BCUT2D eigenvalue weighted by Gasteiger charge is 2.47. The third-order valence-electron chi connectivity index (χ3n) is 5.24. The summed E-state index contributed by atoms with van der Waals surface area (Å²) in [4.78, 5) is 29.5. The Kier molecular flexibility index (Phi) is 4.92. The molecule has 2 aliphatic rings. The molecule has 2 N–H and O–H groups in total. The summed E-state index contributed by atoms with van der Waals surface area (Å²) in [7, 11) is 0. The van der Waals surface area contributed by atoms with Crippen LogP contribution < -0.4 is 14.8 Å². The number of rotatable bonds is 5. The Morgan fingerprint density at radius 2 is 1.97 bits per heavy atom. The van der Waals surface area contributed by atoms with Crippen LogP contribution in [0.15, 0.2) is 42.7 Å². The van der Waals surface area contributed by atoms with Crippen LogP contribution in [-0.2, 0) is 11.2 Å². The average molecular weight is 419 g/mol. The van der Waals surface area contributed by atoms with Crippen LogP contribution in [-0.4, -0.2) is 45.9 Å². The number of carboxylic acid groups (broad SMARTS) is 1. The Hall–Kier alpha value is -3.43. The van der Waals surface area contributed by atoms with E-state index >= 15 is 0 Å². The smallest absolute Gasteiger partial charge is 0.480 e. The normalized spacial score (nSPS) is 22.2. The molecule has 0 bridgehead atoms. The van der Waals surface area contributed by atoms with E-state index < -0.39 is 30.4 Å². The molecule has 3 atom stereocenters. The number of aliphatic carboxylic acids is 1. The number of hydrogen-bond acceptors (Lipinski definition) is 5. The van der Waals surface area contributed by atoms with Gasteiger partial charge in [0.25, 0.3) is 0 Å². The number of carbonyl (C=O) groups is 2. The number of alkyl halides is 2. The summed E-state index contributed by atoms with van der Waals surface area (Å²) in [6.45, 7) is 1.96. The van der Waals surface area contributed by atoms with Crippen molar-refractivity contribution in [1.29, 1.82) is 0 Å². The highest BCUT2D eigenvalue weighted by molar-refractivity contribution is 5.85. The van der Waals surface area contributed by atoms with Gasteiger partial charge < -0.3 is 24.8 Å². The van der Waals surface area contributed by atoms with E-state index in [-0.39, 0.29) is 17.4 Å². The molecule has 0 saturated carbocycles. The van der Waals surface area contributed by atoms with Gasteiger partial charge in [0.05, 0.1) is 6.04 Å². The summed E-state index contributed by atoms with van der Waals surface area (Å²) in [6.07, 6.45) is 0.0765.